The van der Waals surface area contributed by atoms with E-state index >= 15 is 0 Å². The topological polar surface area (TPSA) is 34.1 Å². The van der Waals surface area contributed by atoms with Gasteiger partial charge in [0.05, 0.1) is 0 Å². The summed E-state index contributed by atoms with van der Waals surface area (Å²) in [6, 6.07) is 0. The second-order valence-electron chi connectivity index (χ2n) is 0.604. The Labute approximate surface area is 40.2 Å². The van der Waals surface area contributed by atoms with Gasteiger partial charge in [-0.1, -0.05) is 0 Å². The molecule has 0 rings (SSSR count). The van der Waals surface area contributed by atoms with Crippen LogP contribution in [0.2, 0.25) is 0 Å². The first-order valence-electron chi connectivity index (χ1n) is 1.15. The summed E-state index contributed by atoms with van der Waals surface area (Å²) in [5.74, 6) is 0. The molecule has 0 atom stereocenters. The zero-order valence-corrected chi connectivity index (χ0v) is 6.62. The van der Waals surface area contributed by atoms with Crippen molar-refractivity contribution in [1.82, 2.24) is 0 Å². The molecule has 0 saturated carbocycles. The van der Waals surface area contributed by atoms with E-state index in [4.69, 9.17) is 0 Å². The van der Waals surface area contributed by atoms with Crippen LogP contribution >= 0.6 is 0 Å². The van der Waals surface area contributed by atoms with Crippen LogP contribution in [0, 0.1) is 0 Å². The van der Waals surface area contributed by atoms with Gasteiger partial charge in [-0.05, 0) is 0 Å². The van der Waals surface area contributed by atoms with Crippen molar-refractivity contribution in [2.75, 3.05) is 0 Å². The van der Waals surface area contributed by atoms with Crippen LogP contribution in [0.4, 0.5) is 12.7 Å². The third-order valence-electron chi connectivity index (χ3n) is 0.126. The minimum atomic E-state index is -4.86. The predicted octanol–water partition coefficient (Wildman–Crippen LogP) is 0.312. The maximum atomic E-state index is 11.2. The van der Waals surface area contributed by atoms with E-state index in [1.165, 1.54) is 0 Å². The molecule has 0 aromatic carbocycles. The summed E-state index contributed by atoms with van der Waals surface area (Å²) in [5.41, 5.74) is 0. The molecule has 0 aromatic heterocycles. The SMILES string of the molecule is O=[S](=O)(F)[Cf]=[C](F)F. The van der Waals surface area contributed by atoms with Gasteiger partial charge in [0.2, 0.25) is 0 Å². The van der Waals surface area contributed by atoms with Gasteiger partial charge in [0.1, 0.15) is 0 Å². The summed E-state index contributed by atoms with van der Waals surface area (Å²) in [6.07, 6.45) is 0. The number of halogens is 3. The molecule has 0 aliphatic rings. The van der Waals surface area contributed by atoms with Crippen molar-refractivity contribution in [3.8, 4) is 0 Å². The normalized spacial score (nSPS) is 10.4. The molecule has 2 nitrogen and oxygen atoms in total. The van der Waals surface area contributed by atoms with Crippen LogP contribution in [0.5, 0.6) is 0 Å². The third-order valence-corrected chi connectivity index (χ3v) is 3.52. The van der Waals surface area contributed by atoms with E-state index in [1.54, 1.807) is 0 Å². The van der Waals surface area contributed by atoms with E-state index in [2.05, 4.69) is 0 Å². The molecular weight excluding hydrogens is 384 g/mol. The second-order valence-corrected chi connectivity index (χ2v) is 7.89. The standard InChI is InChI=1S/CF2.Cf.FO2S/c2-1-3;;1-4(2)3. The molecule has 0 aliphatic heterocycles. The van der Waals surface area contributed by atoms with Gasteiger partial charge in [0.25, 0.3) is 0 Å². The Morgan fingerprint density at radius 2 is 1.75 bits per heavy atom. The van der Waals surface area contributed by atoms with Crippen molar-refractivity contribution in [3.05, 3.63) is 0 Å². The van der Waals surface area contributed by atoms with Crippen molar-refractivity contribution in [1.29, 1.82) is 0 Å². The van der Waals surface area contributed by atoms with Crippen LogP contribution in [0.1, 0.15) is 0 Å². The van der Waals surface area contributed by atoms with Gasteiger partial charge in [-0.3, -0.25) is 0 Å². The van der Waals surface area contributed by atoms with E-state index in [0.29, 0.717) is 0 Å². The minimum absolute atomic E-state index is 2.29. The quantitative estimate of drug-likeness (QED) is 0.611. The number of hydrogen-bond acceptors (Lipinski definition) is 2. The first-order valence-corrected chi connectivity index (χ1v) is 6.93. The summed E-state index contributed by atoms with van der Waals surface area (Å²) in [7, 11) is 0. The zero-order chi connectivity index (χ0) is 6.78. The van der Waals surface area contributed by atoms with Gasteiger partial charge in [-0.25, -0.2) is 0 Å². The summed E-state index contributed by atoms with van der Waals surface area (Å²) < 4.78 is 48.6. The molecule has 0 unspecified atom stereocenters. The van der Waals surface area contributed by atoms with E-state index in [1.807, 2.05) is 0 Å². The van der Waals surface area contributed by atoms with Crippen LogP contribution in [0.15, 0.2) is 0 Å². The molecule has 0 spiro atoms. The van der Waals surface area contributed by atoms with Crippen LogP contribution in [0.25, 0.3) is 0 Å². The molecule has 0 amide bonds. The van der Waals surface area contributed by atoms with Crippen LogP contribution in [-0.2, 0) is 11.1 Å². The van der Waals surface area contributed by atoms with Crippen molar-refractivity contribution >= 4 is 18.0 Å². The van der Waals surface area contributed by atoms with Crippen molar-refractivity contribution in [2.24, 2.45) is 0 Å². The molecule has 7 heteroatoms. The number of rotatable bonds is 1. The van der Waals surface area contributed by atoms with Gasteiger partial charge >= 0.3 is 39.1 Å². The molecule has 8 heavy (non-hydrogen) atoms. The summed E-state index contributed by atoms with van der Waals surface area (Å²) in [4.78, 5) is 0. The molecular formula is CCfF3O2S. The second kappa shape index (κ2) is 1.61. The Morgan fingerprint density at radius 1 is 1.38 bits per heavy atom. The monoisotopic (exact) mass is 382 g/mol. The summed E-state index contributed by atoms with van der Waals surface area (Å²) >= 11 is -4.86. The molecule has 0 aromatic rings. The summed E-state index contributed by atoms with van der Waals surface area (Å²) in [6.45, 7) is -2.29. The summed E-state index contributed by atoms with van der Waals surface area (Å²) in [5, 5.41) is 0. The first-order chi connectivity index (χ1) is 3.42. The van der Waals surface area contributed by atoms with Gasteiger partial charge in [0.15, 0.2) is 0 Å². The van der Waals surface area contributed by atoms with E-state index < -0.39 is 18.0 Å². The molecule has 0 radical (unpaired) electrons. The van der Waals surface area contributed by atoms with E-state index in [0.717, 1.165) is 0 Å². The average molecular weight is 384 g/mol. The Balaban J connectivity index is 4.36. The fourth-order valence-electron chi connectivity index (χ4n) is 0.0583. The molecule has 0 aliphatic carbocycles. The Kier molecular flexibility index (Phi) is 1.33. The molecule has 0 fully saturated rings. The predicted molar refractivity (Wildman–Crippen MR) is 17.3 cm³/mol. The third kappa shape index (κ3) is 4.61. The van der Waals surface area contributed by atoms with Gasteiger partial charge in [-0.15, -0.1) is 0 Å². The van der Waals surface area contributed by atoms with Crippen LogP contribution in [0.3, 0.4) is 0 Å². The Bertz CT molecular complexity index is 189. The molecule has 53 valence electrons. The molecule has 0 bridgehead atoms. The molecule has 0 heterocycles. The van der Waals surface area contributed by atoms with Crippen molar-refractivity contribution < 1.29 is 21.1 Å². The van der Waals surface area contributed by atoms with Crippen LogP contribution < -0.4 is 0 Å². The fraction of sp³-hybridized carbons (Fsp3) is 0. The first kappa shape index (κ1) is 6.61. The van der Waals surface area contributed by atoms with E-state index in [9.17, 15) is 21.1 Å². The van der Waals surface area contributed by atoms with Crippen molar-refractivity contribution in [3.63, 3.8) is 0 Å². The van der Waals surface area contributed by atoms with Gasteiger partial charge in [-0.2, -0.15) is 0 Å². The number of hydrogen-bond donors (Lipinski definition) is 0. The van der Waals surface area contributed by atoms with E-state index in [-0.39, 0.29) is 0 Å². The Hall–Kier alpha value is -1.39. The van der Waals surface area contributed by atoms with Gasteiger partial charge in [0, 0.05) is 0 Å². The Morgan fingerprint density at radius 3 is 1.75 bits per heavy atom. The average Bonchev–Trinajstić information content (AvgIpc) is 1.21. The fourth-order valence-corrected chi connectivity index (χ4v) is 1.63. The van der Waals surface area contributed by atoms with Crippen molar-refractivity contribution in [2.45, 2.75) is 0 Å². The molecule has 0 saturated heterocycles. The maximum absolute atomic E-state index is 11.2. The molecule has 0 N–H and O–H groups in total. The van der Waals surface area contributed by atoms with Gasteiger partial charge < -0.3 is 0 Å². The van der Waals surface area contributed by atoms with Crippen LogP contribution in [-0.4, -0.2) is 15.3 Å². The zero-order valence-electron chi connectivity index (χ0n) is 3.17.